The fraction of sp³-hybridized carbons (Fsp3) is 0.400. The molecule has 2 aliphatic carbocycles. The van der Waals surface area contributed by atoms with Gasteiger partial charge in [-0.1, -0.05) is 24.0 Å². The minimum Gasteiger partial charge on any atom is -0.495 e. The molecule has 9 rings (SSSR count). The molecule has 2 aliphatic heterocycles. The van der Waals surface area contributed by atoms with Gasteiger partial charge < -0.3 is 19.7 Å². The highest BCUT2D eigenvalue weighted by Crippen LogP contribution is 2.52. The monoisotopic (exact) mass is 791 g/mol. The van der Waals surface area contributed by atoms with Crippen LogP contribution in [0.3, 0.4) is 0 Å². The predicted octanol–water partition coefficient (Wildman–Crippen LogP) is 7.22. The van der Waals surface area contributed by atoms with E-state index in [1.54, 1.807) is 42.7 Å². The molecule has 0 bridgehead atoms. The van der Waals surface area contributed by atoms with Crippen molar-refractivity contribution in [2.24, 2.45) is 16.3 Å². The second-order valence-electron chi connectivity index (χ2n) is 16.2. The van der Waals surface area contributed by atoms with Crippen LogP contribution in [-0.2, 0) is 0 Å². The van der Waals surface area contributed by atoms with Gasteiger partial charge in [0.15, 0.2) is 17.3 Å². The van der Waals surface area contributed by atoms with Crippen molar-refractivity contribution in [1.29, 1.82) is 5.26 Å². The summed E-state index contributed by atoms with van der Waals surface area (Å²) in [6.07, 6.45) is 5.44. The van der Waals surface area contributed by atoms with E-state index in [4.69, 9.17) is 14.5 Å². The van der Waals surface area contributed by atoms with Gasteiger partial charge in [-0.2, -0.15) is 5.26 Å². The average molecular weight is 792 g/mol. The lowest BCUT2D eigenvalue weighted by atomic mass is 9.58. The molecule has 2 aromatic carbocycles. The number of rotatable bonds is 7. The second-order valence-corrected chi connectivity index (χ2v) is 17.4. The van der Waals surface area contributed by atoms with Gasteiger partial charge in [0.2, 0.25) is 0 Å². The summed E-state index contributed by atoms with van der Waals surface area (Å²) in [6.45, 7) is 10.3. The van der Waals surface area contributed by atoms with Crippen molar-refractivity contribution in [3.05, 3.63) is 105 Å². The fourth-order valence-corrected chi connectivity index (χ4v) is 10.1. The first-order valence-electron chi connectivity index (χ1n) is 20.0. The van der Waals surface area contributed by atoms with Crippen molar-refractivity contribution in [3.8, 4) is 34.4 Å². The van der Waals surface area contributed by atoms with Gasteiger partial charge in [-0.25, -0.2) is 0 Å². The van der Waals surface area contributed by atoms with E-state index in [0.29, 0.717) is 28.7 Å². The zero-order chi connectivity index (χ0) is 40.1. The van der Waals surface area contributed by atoms with Crippen LogP contribution in [-0.4, -0.2) is 68.9 Å². The van der Waals surface area contributed by atoms with Crippen LogP contribution in [0.2, 0.25) is 0 Å². The molecule has 1 atom stereocenters. The van der Waals surface area contributed by atoms with Crippen molar-refractivity contribution >= 4 is 28.8 Å². The van der Waals surface area contributed by atoms with Crippen LogP contribution >= 0.6 is 11.3 Å². The molecule has 4 aliphatic rings. The van der Waals surface area contributed by atoms with Gasteiger partial charge in [0.1, 0.15) is 34.4 Å². The minimum absolute atomic E-state index is 0.0399. The number of fused-ring (bicyclic) bond motifs is 3. The zero-order valence-electron chi connectivity index (χ0n) is 33.4. The van der Waals surface area contributed by atoms with Crippen molar-refractivity contribution in [1.82, 2.24) is 30.3 Å². The van der Waals surface area contributed by atoms with Gasteiger partial charge >= 0.3 is 0 Å². The molecule has 3 aromatic heterocycles. The normalized spacial score (nSPS) is 20.5. The molecule has 0 radical (unpaired) electrons. The molecule has 2 saturated carbocycles. The third-order valence-electron chi connectivity index (χ3n) is 12.2. The van der Waals surface area contributed by atoms with E-state index in [1.807, 2.05) is 13.0 Å². The first-order chi connectivity index (χ1) is 28.1. The summed E-state index contributed by atoms with van der Waals surface area (Å²) in [6, 6.07) is 19.5. The molecule has 1 amide bonds. The Kier molecular flexibility index (Phi) is 9.73. The van der Waals surface area contributed by atoms with E-state index in [0.717, 1.165) is 96.5 Å². The van der Waals surface area contributed by atoms with Gasteiger partial charge in [0, 0.05) is 58.1 Å². The molecule has 12 nitrogen and oxygen atoms in total. The van der Waals surface area contributed by atoms with Crippen molar-refractivity contribution in [2.45, 2.75) is 84.4 Å². The SMILES string of the molecule is COc1cc(OC2CCC(NC(=O)c3ccc(N4CC5(CC(C#Cc6ccc(C7=N[C@@H](C)c8nnc(C)n8-c8sc(C)c(C)c87)cc6)C5)C4)nn3)CC2)ccc1C#N. The zero-order valence-corrected chi connectivity index (χ0v) is 34.2. The minimum atomic E-state index is -0.203. The van der Waals surface area contributed by atoms with E-state index in [1.165, 1.54) is 10.4 Å². The quantitative estimate of drug-likeness (QED) is 0.169. The predicted molar refractivity (Wildman–Crippen MR) is 222 cm³/mol. The topological polar surface area (TPSA) is 143 Å². The van der Waals surface area contributed by atoms with Crippen LogP contribution in [0.15, 0.2) is 59.6 Å². The number of aromatic nitrogens is 5. The van der Waals surface area contributed by atoms with Crippen molar-refractivity contribution < 1.29 is 14.3 Å². The third kappa shape index (κ3) is 6.98. The number of methoxy groups -OCH3 is 1. The average Bonchev–Trinajstić information content (AvgIpc) is 3.70. The number of amides is 1. The summed E-state index contributed by atoms with van der Waals surface area (Å²) in [5, 5.41) is 31.1. The van der Waals surface area contributed by atoms with Gasteiger partial charge in [0.05, 0.1) is 24.5 Å². The van der Waals surface area contributed by atoms with Crippen LogP contribution < -0.4 is 19.7 Å². The summed E-state index contributed by atoms with van der Waals surface area (Å²) in [5.74, 6) is 10.9. The van der Waals surface area contributed by atoms with Gasteiger partial charge in [-0.05, 0) is 108 Å². The molecular formula is C45H45N9O3S. The van der Waals surface area contributed by atoms with E-state index in [2.05, 4.69) is 98.1 Å². The summed E-state index contributed by atoms with van der Waals surface area (Å²) in [4.78, 5) is 21.7. The highest BCUT2D eigenvalue weighted by molar-refractivity contribution is 7.15. The number of nitrogens with zero attached hydrogens (tertiary/aromatic N) is 8. The summed E-state index contributed by atoms with van der Waals surface area (Å²) in [5.41, 5.74) is 6.58. The van der Waals surface area contributed by atoms with Gasteiger partial charge in [-0.3, -0.25) is 14.4 Å². The summed E-state index contributed by atoms with van der Waals surface area (Å²) >= 11 is 1.77. The maximum atomic E-state index is 13.0. The number of aryl methyl sites for hydroxylation is 2. The Morgan fingerprint density at radius 2 is 1.74 bits per heavy atom. The molecule has 58 heavy (non-hydrogen) atoms. The molecule has 13 heteroatoms. The lowest BCUT2D eigenvalue weighted by molar-refractivity contribution is 0.0520. The number of thiophene rings is 1. The third-order valence-corrected chi connectivity index (χ3v) is 13.3. The maximum Gasteiger partial charge on any atom is 0.272 e. The van der Waals surface area contributed by atoms with E-state index < -0.39 is 0 Å². The molecule has 5 heterocycles. The Hall–Kier alpha value is -6.05. The number of nitriles is 1. The van der Waals surface area contributed by atoms with Crippen LogP contribution in [0, 0.1) is 55.3 Å². The Bertz CT molecular complexity index is 2520. The number of hydrogen-bond acceptors (Lipinski definition) is 11. The summed E-state index contributed by atoms with van der Waals surface area (Å²) in [7, 11) is 1.54. The Morgan fingerprint density at radius 1 is 0.966 bits per heavy atom. The van der Waals surface area contributed by atoms with E-state index in [-0.39, 0.29) is 29.5 Å². The Balaban J connectivity index is 0.743. The largest absolute Gasteiger partial charge is 0.495 e. The lowest BCUT2D eigenvalue weighted by Crippen LogP contribution is -2.62. The molecule has 1 spiro atoms. The highest BCUT2D eigenvalue weighted by atomic mass is 32.1. The standard InChI is InChI=1S/C45H45N9O3S/c1-26-28(3)58-44-40(26)41(47-27(2)42-52-49-29(4)54(42)44)32-10-8-30(9-11-32)6-7-31-21-45(22-31)24-53(25-45)39-19-18-37(50-51-39)43(55)48-34-13-16-35(17-14-34)57-36-15-12-33(23-46)38(20-36)56-5/h8-12,15,18-20,27,31,34-35H,13-14,16-17,21-22,24-25H2,1-5H3,(H,48,55)/t27-,34?,35?/m0/s1. The Labute approximate surface area is 342 Å². The maximum absolute atomic E-state index is 13.0. The van der Waals surface area contributed by atoms with Crippen LogP contribution in [0.1, 0.15) is 106 Å². The number of ether oxygens (including phenoxy) is 2. The van der Waals surface area contributed by atoms with E-state index in [9.17, 15) is 10.1 Å². The molecular weight excluding hydrogens is 747 g/mol. The van der Waals surface area contributed by atoms with Crippen LogP contribution in [0.25, 0.3) is 5.00 Å². The highest BCUT2D eigenvalue weighted by Gasteiger charge is 2.52. The second kappa shape index (κ2) is 15.0. The molecule has 0 unspecified atom stereocenters. The first-order valence-corrected chi connectivity index (χ1v) is 20.8. The lowest BCUT2D eigenvalue weighted by Gasteiger charge is -2.58. The number of hydrogen-bond donors (Lipinski definition) is 1. The molecule has 3 fully saturated rings. The van der Waals surface area contributed by atoms with Crippen molar-refractivity contribution in [3.63, 3.8) is 0 Å². The first kappa shape index (κ1) is 37.5. The van der Waals surface area contributed by atoms with Crippen molar-refractivity contribution in [2.75, 3.05) is 25.1 Å². The summed E-state index contributed by atoms with van der Waals surface area (Å²) < 4.78 is 13.6. The number of carbonyl (C=O) groups excluding carboxylic acids is 1. The van der Waals surface area contributed by atoms with Gasteiger partial charge in [0.25, 0.3) is 5.91 Å². The van der Waals surface area contributed by atoms with E-state index >= 15 is 0 Å². The fourth-order valence-electron chi connectivity index (χ4n) is 8.88. The molecule has 1 saturated heterocycles. The van der Waals surface area contributed by atoms with Crippen LogP contribution in [0.4, 0.5) is 5.82 Å². The molecule has 1 N–H and O–H groups in total. The molecule has 5 aromatic rings. The number of nitrogens with one attached hydrogen (secondary N) is 1. The smallest absolute Gasteiger partial charge is 0.272 e. The van der Waals surface area contributed by atoms with Crippen LogP contribution in [0.5, 0.6) is 11.5 Å². The number of carbonyl (C=O) groups is 1. The number of aliphatic imine (C=N–C) groups is 1. The number of anilines is 1. The molecule has 294 valence electrons. The number of benzene rings is 2. The Morgan fingerprint density at radius 3 is 2.45 bits per heavy atom. The van der Waals surface area contributed by atoms with Gasteiger partial charge in [-0.15, -0.1) is 31.7 Å².